The normalized spacial score (nSPS) is 28.6. The molecule has 0 spiro atoms. The van der Waals surface area contributed by atoms with Gasteiger partial charge in [-0.2, -0.15) is 0 Å². The first-order valence-electron chi connectivity index (χ1n) is 7.70. The van der Waals surface area contributed by atoms with Crippen LogP contribution in [0.3, 0.4) is 0 Å². The van der Waals surface area contributed by atoms with Crippen molar-refractivity contribution in [3.05, 3.63) is 12.3 Å². The second-order valence-electron chi connectivity index (χ2n) is 6.00. The van der Waals surface area contributed by atoms with E-state index in [9.17, 15) is 5.11 Å². The lowest BCUT2D eigenvalue weighted by molar-refractivity contribution is -0.100. The molecule has 1 saturated heterocycles. The molecule has 0 aromatic carbocycles. The Labute approximate surface area is 137 Å². The molecule has 2 aliphatic heterocycles. The van der Waals surface area contributed by atoms with E-state index >= 15 is 0 Å². The second kappa shape index (κ2) is 7.68. The maximum absolute atomic E-state index is 10.4. The minimum atomic E-state index is -0.910. The second-order valence-corrected chi connectivity index (χ2v) is 7.19. The van der Waals surface area contributed by atoms with E-state index in [0.717, 1.165) is 11.6 Å². The maximum atomic E-state index is 10.4. The number of thioether (sulfide) groups is 1. The van der Waals surface area contributed by atoms with E-state index in [1.54, 1.807) is 23.8 Å². The molecule has 3 atom stereocenters. The third kappa shape index (κ3) is 3.95. The van der Waals surface area contributed by atoms with Crippen molar-refractivity contribution in [2.45, 2.75) is 57.8 Å². The van der Waals surface area contributed by atoms with Crippen LogP contribution in [-0.2, 0) is 9.47 Å². The first-order valence-corrected chi connectivity index (χ1v) is 8.74. The van der Waals surface area contributed by atoms with Gasteiger partial charge in [0.2, 0.25) is 6.35 Å². The van der Waals surface area contributed by atoms with Gasteiger partial charge in [0.15, 0.2) is 0 Å². The average molecular weight is 329 g/mol. The van der Waals surface area contributed by atoms with Crippen LogP contribution in [0.4, 0.5) is 0 Å². The highest BCUT2D eigenvalue weighted by Crippen LogP contribution is 2.29. The molecule has 2 heterocycles. The highest BCUT2D eigenvalue weighted by Gasteiger charge is 2.34. The van der Waals surface area contributed by atoms with E-state index in [1.165, 1.54) is 0 Å². The number of ether oxygens (including phenoxy) is 2. The minimum Gasteiger partial charge on any atom is -0.381 e. The summed E-state index contributed by atoms with van der Waals surface area (Å²) in [4.78, 5) is 8.38. The lowest BCUT2D eigenvalue weighted by Gasteiger charge is -2.37. The molecule has 0 radical (unpaired) electrons. The number of nitrogens with zero attached hydrogens (tertiary/aromatic N) is 3. The zero-order valence-electron chi connectivity index (χ0n) is 14.0. The van der Waals surface area contributed by atoms with Crippen LogP contribution < -0.4 is 0 Å². The number of amidine groups is 1. The fraction of sp³-hybridized carbons (Fsp3) is 0.800. The van der Waals surface area contributed by atoms with Crippen molar-refractivity contribution in [1.29, 1.82) is 0 Å². The smallest absolute Gasteiger partial charge is 0.229 e. The van der Waals surface area contributed by atoms with Gasteiger partial charge in [-0.1, -0.05) is 0 Å². The Bertz CT molecular complexity index is 420. The Kier molecular flexibility index (Phi) is 6.14. The monoisotopic (exact) mass is 329 g/mol. The van der Waals surface area contributed by atoms with Gasteiger partial charge >= 0.3 is 0 Å². The zero-order chi connectivity index (χ0) is 16.3. The summed E-state index contributed by atoms with van der Waals surface area (Å²) in [6.45, 7) is 9.06. The van der Waals surface area contributed by atoms with Crippen LogP contribution in [0.2, 0.25) is 0 Å². The number of hydrogen-bond acceptors (Lipinski definition) is 7. The molecule has 22 heavy (non-hydrogen) atoms. The number of aliphatic hydroxyl groups is 1. The van der Waals surface area contributed by atoms with Gasteiger partial charge in [0.05, 0.1) is 6.61 Å². The van der Waals surface area contributed by atoms with Crippen LogP contribution in [0.25, 0.3) is 0 Å². The van der Waals surface area contributed by atoms with Crippen molar-refractivity contribution in [2.24, 2.45) is 4.99 Å². The Hall–Kier alpha value is -0.760. The summed E-state index contributed by atoms with van der Waals surface area (Å²) in [5, 5.41) is 10.4. The fourth-order valence-corrected chi connectivity index (χ4v) is 3.87. The van der Waals surface area contributed by atoms with Crippen LogP contribution >= 0.6 is 11.8 Å². The molecule has 0 aromatic rings. The van der Waals surface area contributed by atoms with E-state index in [1.807, 2.05) is 12.3 Å². The molecule has 2 aliphatic rings. The van der Waals surface area contributed by atoms with Gasteiger partial charge in [-0.25, -0.2) is 4.99 Å². The molecule has 6 nitrogen and oxygen atoms in total. The van der Waals surface area contributed by atoms with Crippen molar-refractivity contribution in [2.75, 3.05) is 19.5 Å². The van der Waals surface area contributed by atoms with Gasteiger partial charge < -0.3 is 24.4 Å². The summed E-state index contributed by atoms with van der Waals surface area (Å²) in [5.41, 5.74) is 0.0174. The average Bonchev–Trinajstić information content (AvgIpc) is 2.87. The Morgan fingerprint density at radius 1 is 1.45 bits per heavy atom. The summed E-state index contributed by atoms with van der Waals surface area (Å²) >= 11 is 1.69. The van der Waals surface area contributed by atoms with E-state index < -0.39 is 6.35 Å². The molecular weight excluding hydrogens is 302 g/mol. The maximum Gasteiger partial charge on any atom is 0.229 e. The van der Waals surface area contributed by atoms with Gasteiger partial charge in [0.25, 0.3) is 0 Å². The first-order chi connectivity index (χ1) is 10.4. The third-order valence-electron chi connectivity index (χ3n) is 3.66. The number of aliphatic imine (C=N–C) groups is 1. The first kappa shape index (κ1) is 17.6. The fourth-order valence-electron chi connectivity index (χ4n) is 2.80. The Morgan fingerprint density at radius 3 is 2.68 bits per heavy atom. The number of aliphatic hydroxyl groups excluding tert-OH is 1. The van der Waals surface area contributed by atoms with Gasteiger partial charge in [0.1, 0.15) is 17.5 Å². The van der Waals surface area contributed by atoms with Gasteiger partial charge in [-0.05, 0) is 33.8 Å². The van der Waals surface area contributed by atoms with Crippen molar-refractivity contribution in [1.82, 2.24) is 9.80 Å². The highest BCUT2D eigenvalue weighted by molar-refractivity contribution is 8.00. The zero-order valence-corrected chi connectivity index (χ0v) is 14.8. The molecule has 2 unspecified atom stereocenters. The number of methoxy groups -OCH3 is 1. The summed E-state index contributed by atoms with van der Waals surface area (Å²) < 4.78 is 11.0. The lowest BCUT2D eigenvalue weighted by atomic mass is 10.2. The van der Waals surface area contributed by atoms with Crippen LogP contribution in [0.5, 0.6) is 0 Å². The molecule has 0 bridgehead atoms. The molecule has 0 aromatic heterocycles. The lowest BCUT2D eigenvalue weighted by Crippen LogP contribution is -2.47. The van der Waals surface area contributed by atoms with Gasteiger partial charge in [-0.15, -0.1) is 11.8 Å². The Morgan fingerprint density at radius 2 is 2.14 bits per heavy atom. The molecule has 1 fully saturated rings. The predicted molar refractivity (Wildman–Crippen MR) is 89.5 cm³/mol. The van der Waals surface area contributed by atoms with Crippen molar-refractivity contribution < 1.29 is 14.6 Å². The number of rotatable bonds is 5. The largest absolute Gasteiger partial charge is 0.381 e. The molecule has 126 valence electrons. The van der Waals surface area contributed by atoms with Crippen LogP contribution in [0.1, 0.15) is 27.7 Å². The van der Waals surface area contributed by atoms with E-state index in [0.29, 0.717) is 18.7 Å². The molecule has 2 rings (SSSR count). The van der Waals surface area contributed by atoms with Crippen LogP contribution in [0, 0.1) is 0 Å². The quantitative estimate of drug-likeness (QED) is 0.828. The highest BCUT2D eigenvalue weighted by atomic mass is 32.2. The molecule has 0 amide bonds. The van der Waals surface area contributed by atoms with Crippen LogP contribution in [0.15, 0.2) is 17.3 Å². The number of hydrogen-bond donors (Lipinski definition) is 1. The van der Waals surface area contributed by atoms with Gasteiger partial charge in [0, 0.05) is 31.1 Å². The minimum absolute atomic E-state index is 0.0174. The SMILES string of the molecule is COCC1O[C@H](N2C=CC(N(C(C)C)C(C)C)=NC2O)CS1. The van der Waals surface area contributed by atoms with E-state index in [4.69, 9.17) is 9.47 Å². The molecule has 0 saturated carbocycles. The van der Waals surface area contributed by atoms with E-state index in [2.05, 4.69) is 37.6 Å². The summed E-state index contributed by atoms with van der Waals surface area (Å²) in [5.74, 6) is 1.60. The summed E-state index contributed by atoms with van der Waals surface area (Å²) in [6, 6.07) is 0.651. The standard InChI is InChI=1S/C15H27N3O3S/c1-10(2)18(11(3)4)12-6-7-17(15(19)16-12)13-9-22-14(21-13)8-20-5/h6-7,10-11,13-15,19H,8-9H2,1-5H3/t13-,14?,15?/m0/s1. The predicted octanol–water partition coefficient (Wildman–Crippen LogP) is 1.67. The van der Waals surface area contributed by atoms with Crippen molar-refractivity contribution >= 4 is 17.6 Å². The third-order valence-corrected chi connectivity index (χ3v) is 4.75. The topological polar surface area (TPSA) is 57.5 Å². The molecular formula is C15H27N3O3S. The Balaban J connectivity index is 2.02. The van der Waals surface area contributed by atoms with Crippen molar-refractivity contribution in [3.8, 4) is 0 Å². The summed E-state index contributed by atoms with van der Waals surface area (Å²) in [7, 11) is 1.66. The summed E-state index contributed by atoms with van der Waals surface area (Å²) in [6.07, 6.45) is 2.75. The van der Waals surface area contributed by atoms with Crippen molar-refractivity contribution in [3.63, 3.8) is 0 Å². The van der Waals surface area contributed by atoms with E-state index in [-0.39, 0.29) is 11.7 Å². The molecule has 1 N–H and O–H groups in total. The molecule has 0 aliphatic carbocycles. The van der Waals surface area contributed by atoms with Gasteiger partial charge in [-0.3, -0.25) is 0 Å². The van der Waals surface area contributed by atoms with Crippen LogP contribution in [-0.4, -0.2) is 70.3 Å². The molecule has 7 heteroatoms.